The Morgan fingerprint density at radius 1 is 1.00 bits per heavy atom. The lowest BCUT2D eigenvalue weighted by molar-refractivity contribution is 0.516. The topological polar surface area (TPSA) is 48.0 Å². The van der Waals surface area contributed by atoms with E-state index in [9.17, 15) is 4.79 Å². The Hall–Kier alpha value is -2.62. The van der Waals surface area contributed by atoms with E-state index < -0.39 is 5.76 Å². The molecule has 1 aromatic heterocycles. The summed E-state index contributed by atoms with van der Waals surface area (Å²) in [6, 6.07) is 16.9. The molecule has 0 saturated heterocycles. The zero-order chi connectivity index (χ0) is 13.2. The van der Waals surface area contributed by atoms with Gasteiger partial charge in [-0.15, -0.1) is 5.10 Å². The van der Waals surface area contributed by atoms with Crippen molar-refractivity contribution in [3.8, 4) is 17.1 Å². The lowest BCUT2D eigenvalue weighted by Crippen LogP contribution is -2.13. The van der Waals surface area contributed by atoms with E-state index in [-0.39, 0.29) is 0 Å². The van der Waals surface area contributed by atoms with Gasteiger partial charge in [0.15, 0.2) is 0 Å². The first kappa shape index (κ1) is 11.5. The number of nitrogens with zero attached hydrogens (tertiary/aromatic N) is 2. The van der Waals surface area contributed by atoms with E-state index in [0.717, 1.165) is 11.1 Å². The Labute approximate surface area is 109 Å². The maximum absolute atomic E-state index is 11.8. The van der Waals surface area contributed by atoms with E-state index in [4.69, 9.17) is 4.42 Å². The van der Waals surface area contributed by atoms with E-state index in [1.165, 1.54) is 4.68 Å². The second kappa shape index (κ2) is 4.57. The van der Waals surface area contributed by atoms with Gasteiger partial charge in [0.2, 0.25) is 5.89 Å². The molecular formula is C15H12N2O2. The fourth-order valence-electron chi connectivity index (χ4n) is 1.82. The van der Waals surface area contributed by atoms with E-state index in [1.807, 2.05) is 61.5 Å². The van der Waals surface area contributed by atoms with Crippen LogP contribution in [0, 0.1) is 6.92 Å². The summed E-state index contributed by atoms with van der Waals surface area (Å²) < 4.78 is 6.45. The summed E-state index contributed by atoms with van der Waals surface area (Å²) in [6.07, 6.45) is 0. The number of aromatic nitrogens is 2. The van der Waals surface area contributed by atoms with Gasteiger partial charge in [0.25, 0.3) is 0 Å². The molecule has 0 saturated carbocycles. The average Bonchev–Trinajstić information content (AvgIpc) is 2.83. The van der Waals surface area contributed by atoms with Gasteiger partial charge >= 0.3 is 5.76 Å². The van der Waals surface area contributed by atoms with Gasteiger partial charge < -0.3 is 4.42 Å². The second-order valence-electron chi connectivity index (χ2n) is 4.29. The van der Waals surface area contributed by atoms with Gasteiger partial charge in [0, 0.05) is 5.56 Å². The Morgan fingerprint density at radius 3 is 2.37 bits per heavy atom. The summed E-state index contributed by atoms with van der Waals surface area (Å²) >= 11 is 0. The van der Waals surface area contributed by atoms with E-state index in [0.29, 0.717) is 11.6 Å². The van der Waals surface area contributed by atoms with Crippen LogP contribution in [0.3, 0.4) is 0 Å². The summed E-state index contributed by atoms with van der Waals surface area (Å²) in [5, 5.41) is 4.22. The van der Waals surface area contributed by atoms with E-state index in [2.05, 4.69) is 5.10 Å². The van der Waals surface area contributed by atoms with Crippen molar-refractivity contribution in [1.29, 1.82) is 0 Å². The van der Waals surface area contributed by atoms with Crippen LogP contribution in [0.1, 0.15) is 5.56 Å². The molecule has 3 rings (SSSR count). The van der Waals surface area contributed by atoms with Crippen LogP contribution in [0.4, 0.5) is 0 Å². The molecule has 0 aliphatic rings. The van der Waals surface area contributed by atoms with Crippen LogP contribution in [-0.4, -0.2) is 9.78 Å². The second-order valence-corrected chi connectivity index (χ2v) is 4.29. The van der Waals surface area contributed by atoms with Crippen molar-refractivity contribution in [3.63, 3.8) is 0 Å². The molecule has 4 heteroatoms. The molecule has 0 fully saturated rings. The van der Waals surface area contributed by atoms with E-state index >= 15 is 0 Å². The normalized spacial score (nSPS) is 10.6. The van der Waals surface area contributed by atoms with Crippen LogP contribution in [0.25, 0.3) is 17.1 Å². The molecule has 0 amide bonds. The fourth-order valence-corrected chi connectivity index (χ4v) is 1.82. The molecule has 0 radical (unpaired) electrons. The van der Waals surface area contributed by atoms with Gasteiger partial charge in [-0.05, 0) is 31.2 Å². The molecule has 19 heavy (non-hydrogen) atoms. The predicted octanol–water partition coefficient (Wildman–Crippen LogP) is 2.80. The van der Waals surface area contributed by atoms with Gasteiger partial charge in [0.05, 0.1) is 5.69 Å². The zero-order valence-corrected chi connectivity index (χ0v) is 10.4. The molecule has 0 unspecified atom stereocenters. The smallest absolute Gasteiger partial charge is 0.387 e. The maximum atomic E-state index is 11.8. The van der Waals surface area contributed by atoms with Crippen molar-refractivity contribution in [2.75, 3.05) is 0 Å². The summed E-state index contributed by atoms with van der Waals surface area (Å²) in [6.45, 7) is 1.99. The first-order valence-corrected chi connectivity index (χ1v) is 5.97. The van der Waals surface area contributed by atoms with Crippen molar-refractivity contribution < 1.29 is 4.42 Å². The first-order chi connectivity index (χ1) is 9.24. The highest BCUT2D eigenvalue weighted by Crippen LogP contribution is 2.15. The third-order valence-electron chi connectivity index (χ3n) is 2.85. The fraction of sp³-hybridized carbons (Fsp3) is 0.0667. The molecule has 94 valence electrons. The monoisotopic (exact) mass is 252 g/mol. The van der Waals surface area contributed by atoms with Gasteiger partial charge in [-0.2, -0.15) is 4.68 Å². The Bertz CT molecular complexity index is 740. The van der Waals surface area contributed by atoms with Crippen LogP contribution in [-0.2, 0) is 0 Å². The number of rotatable bonds is 2. The van der Waals surface area contributed by atoms with Crippen molar-refractivity contribution in [2.24, 2.45) is 0 Å². The molecule has 2 aromatic carbocycles. The number of benzene rings is 2. The van der Waals surface area contributed by atoms with Crippen LogP contribution in [0.5, 0.6) is 0 Å². The molecule has 3 aromatic rings. The molecule has 0 aliphatic heterocycles. The van der Waals surface area contributed by atoms with Crippen molar-refractivity contribution >= 4 is 0 Å². The van der Waals surface area contributed by atoms with Crippen molar-refractivity contribution in [3.05, 3.63) is 70.7 Å². The van der Waals surface area contributed by atoms with E-state index in [1.54, 1.807) is 0 Å². The summed E-state index contributed by atoms with van der Waals surface area (Å²) in [5.74, 6) is -0.158. The maximum Gasteiger partial charge on any atom is 0.442 e. The first-order valence-electron chi connectivity index (χ1n) is 5.97. The molecule has 0 N–H and O–H groups in total. The molecule has 0 aliphatic carbocycles. The van der Waals surface area contributed by atoms with Crippen LogP contribution in [0.2, 0.25) is 0 Å². The van der Waals surface area contributed by atoms with Gasteiger partial charge in [-0.3, -0.25) is 0 Å². The minimum Gasteiger partial charge on any atom is -0.387 e. The van der Waals surface area contributed by atoms with Crippen molar-refractivity contribution in [2.45, 2.75) is 6.92 Å². The highest BCUT2D eigenvalue weighted by molar-refractivity contribution is 5.52. The summed E-state index contributed by atoms with van der Waals surface area (Å²) in [4.78, 5) is 11.8. The minimum absolute atomic E-state index is 0.325. The molecule has 0 bridgehead atoms. The summed E-state index contributed by atoms with van der Waals surface area (Å²) in [5.41, 5.74) is 2.61. The highest BCUT2D eigenvalue weighted by Gasteiger charge is 2.10. The Kier molecular flexibility index (Phi) is 2.76. The quantitative estimate of drug-likeness (QED) is 0.704. The van der Waals surface area contributed by atoms with Crippen molar-refractivity contribution in [1.82, 2.24) is 9.78 Å². The third-order valence-corrected chi connectivity index (χ3v) is 2.85. The van der Waals surface area contributed by atoms with Gasteiger partial charge in [-0.1, -0.05) is 35.9 Å². The van der Waals surface area contributed by atoms with Crippen LogP contribution >= 0.6 is 0 Å². The number of hydrogen-bond donors (Lipinski definition) is 0. The third kappa shape index (κ3) is 2.20. The number of hydrogen-bond acceptors (Lipinski definition) is 3. The Morgan fingerprint density at radius 2 is 1.68 bits per heavy atom. The van der Waals surface area contributed by atoms with Crippen LogP contribution in [0.15, 0.2) is 63.8 Å². The average molecular weight is 252 g/mol. The Balaban J connectivity index is 2.08. The zero-order valence-electron chi connectivity index (χ0n) is 10.4. The largest absolute Gasteiger partial charge is 0.442 e. The number of aryl methyl sites for hydroxylation is 1. The van der Waals surface area contributed by atoms with Gasteiger partial charge in [0.1, 0.15) is 0 Å². The standard InChI is InChI=1S/C15H12N2O2/c1-11-7-9-13(10-8-11)17-15(18)19-14(16-17)12-5-3-2-4-6-12/h2-10H,1H3. The minimum atomic E-state index is -0.484. The molecule has 4 nitrogen and oxygen atoms in total. The summed E-state index contributed by atoms with van der Waals surface area (Å²) in [7, 11) is 0. The lowest BCUT2D eigenvalue weighted by atomic mass is 10.2. The molecule has 0 spiro atoms. The highest BCUT2D eigenvalue weighted by atomic mass is 16.4. The molecule has 1 heterocycles. The molecule has 0 atom stereocenters. The molecular weight excluding hydrogens is 240 g/mol. The van der Waals surface area contributed by atoms with Crippen LogP contribution < -0.4 is 5.76 Å². The SMILES string of the molecule is Cc1ccc(-n2nc(-c3ccccc3)oc2=O)cc1. The van der Waals surface area contributed by atoms with Gasteiger partial charge in [-0.25, -0.2) is 4.79 Å². The predicted molar refractivity (Wildman–Crippen MR) is 72.3 cm³/mol. The lowest BCUT2D eigenvalue weighted by Gasteiger charge is -1.98.